The average Bonchev–Trinajstić information content (AvgIpc) is 2.27. The minimum Gasteiger partial charge on any atom is -0.398 e. The molecule has 4 nitrogen and oxygen atoms in total. The summed E-state index contributed by atoms with van der Waals surface area (Å²) in [5.74, 6) is 2.45. The lowest BCUT2D eigenvalue weighted by Crippen LogP contribution is -2.34. The number of nitrogens with one attached hydrogen (secondary N) is 1. The molecule has 1 rings (SSSR count). The molecule has 18 heavy (non-hydrogen) atoms. The number of hydrogen-bond donors (Lipinski definition) is 2. The Bertz CT molecular complexity index is 564. The second-order valence-corrected chi connectivity index (χ2v) is 6.41. The molecule has 0 heterocycles. The van der Waals surface area contributed by atoms with Crippen LogP contribution in [0.15, 0.2) is 27.6 Å². The van der Waals surface area contributed by atoms with Gasteiger partial charge in [0.05, 0.1) is 5.69 Å². The third kappa shape index (κ3) is 3.73. The van der Waals surface area contributed by atoms with E-state index in [1.165, 1.54) is 6.07 Å². The zero-order chi connectivity index (χ0) is 13.8. The molecule has 1 unspecified atom stereocenters. The molecule has 0 amide bonds. The first-order valence-electron chi connectivity index (χ1n) is 5.41. The van der Waals surface area contributed by atoms with Gasteiger partial charge in [0.2, 0.25) is 10.0 Å². The summed E-state index contributed by atoms with van der Waals surface area (Å²) >= 11 is 3.23. The van der Waals surface area contributed by atoms with Gasteiger partial charge >= 0.3 is 0 Å². The Kier molecular flexibility index (Phi) is 5.20. The highest BCUT2D eigenvalue weighted by molar-refractivity contribution is 9.10. The van der Waals surface area contributed by atoms with E-state index in [1.807, 2.05) is 6.92 Å². The summed E-state index contributed by atoms with van der Waals surface area (Å²) in [4.78, 5) is 0.0705. The maximum Gasteiger partial charge on any atom is 0.242 e. The van der Waals surface area contributed by atoms with Gasteiger partial charge < -0.3 is 5.73 Å². The quantitative estimate of drug-likeness (QED) is 0.641. The minimum atomic E-state index is -3.63. The van der Waals surface area contributed by atoms with Crippen LogP contribution >= 0.6 is 15.9 Å². The molecule has 6 heteroatoms. The lowest BCUT2D eigenvalue weighted by atomic mass is 10.2. The van der Waals surface area contributed by atoms with E-state index in [4.69, 9.17) is 12.2 Å². The van der Waals surface area contributed by atoms with E-state index in [9.17, 15) is 8.42 Å². The van der Waals surface area contributed by atoms with Crippen LogP contribution < -0.4 is 10.5 Å². The molecular formula is C12H15BrN2O2S. The van der Waals surface area contributed by atoms with E-state index < -0.39 is 10.0 Å². The summed E-state index contributed by atoms with van der Waals surface area (Å²) in [5, 5.41) is 0. The van der Waals surface area contributed by atoms with Crippen LogP contribution in [-0.4, -0.2) is 14.5 Å². The number of benzene rings is 1. The van der Waals surface area contributed by atoms with E-state index >= 15 is 0 Å². The Morgan fingerprint density at radius 1 is 1.56 bits per heavy atom. The number of terminal acetylenes is 1. The van der Waals surface area contributed by atoms with Crippen molar-refractivity contribution in [2.24, 2.45) is 0 Å². The molecule has 0 fully saturated rings. The van der Waals surface area contributed by atoms with Gasteiger partial charge in [-0.2, -0.15) is 0 Å². The molecule has 1 aromatic carbocycles. The average molecular weight is 331 g/mol. The van der Waals surface area contributed by atoms with Gasteiger partial charge in [0, 0.05) is 16.9 Å². The number of nitrogen functional groups attached to an aromatic ring is 1. The van der Waals surface area contributed by atoms with Crippen molar-refractivity contribution in [2.75, 3.05) is 5.73 Å². The van der Waals surface area contributed by atoms with Crippen molar-refractivity contribution in [1.29, 1.82) is 0 Å². The van der Waals surface area contributed by atoms with Crippen LogP contribution in [0.25, 0.3) is 0 Å². The fraction of sp³-hybridized carbons (Fsp3) is 0.333. The van der Waals surface area contributed by atoms with Gasteiger partial charge in [0.15, 0.2) is 0 Å². The first kappa shape index (κ1) is 15.0. The largest absolute Gasteiger partial charge is 0.398 e. The van der Waals surface area contributed by atoms with Crippen LogP contribution in [0, 0.1) is 12.3 Å². The summed E-state index contributed by atoms with van der Waals surface area (Å²) < 4.78 is 27.6. The third-order valence-electron chi connectivity index (χ3n) is 2.44. The zero-order valence-corrected chi connectivity index (χ0v) is 12.4. The highest BCUT2D eigenvalue weighted by Gasteiger charge is 2.20. The SMILES string of the molecule is C#CCC(CC)NS(=O)(=O)c1ccc(Br)cc1N. The van der Waals surface area contributed by atoms with Gasteiger partial charge in [0.25, 0.3) is 0 Å². The highest BCUT2D eigenvalue weighted by Crippen LogP contribution is 2.23. The molecule has 0 saturated heterocycles. The molecule has 0 radical (unpaired) electrons. The standard InChI is InChI=1S/C12H15BrN2O2S/c1-3-5-10(4-2)15-18(16,17)12-7-6-9(13)8-11(12)14/h1,6-8,10,15H,4-5,14H2,2H3. The van der Waals surface area contributed by atoms with Crippen LogP contribution in [-0.2, 0) is 10.0 Å². The second-order valence-electron chi connectivity index (χ2n) is 3.82. The first-order valence-corrected chi connectivity index (χ1v) is 7.69. The fourth-order valence-electron chi connectivity index (χ4n) is 1.46. The number of anilines is 1. The number of hydrogen-bond acceptors (Lipinski definition) is 3. The van der Waals surface area contributed by atoms with E-state index in [2.05, 4.69) is 26.6 Å². The third-order valence-corrected chi connectivity index (χ3v) is 4.53. The first-order chi connectivity index (χ1) is 8.40. The number of sulfonamides is 1. The van der Waals surface area contributed by atoms with Crippen LogP contribution in [0.3, 0.4) is 0 Å². The Balaban J connectivity index is 3.03. The molecule has 3 N–H and O–H groups in total. The predicted molar refractivity (Wildman–Crippen MR) is 76.4 cm³/mol. The predicted octanol–water partition coefficient (Wildman–Crippen LogP) is 2.11. The fourth-order valence-corrected chi connectivity index (χ4v) is 3.27. The molecule has 98 valence electrons. The zero-order valence-electron chi connectivity index (χ0n) is 9.98. The molecule has 0 spiro atoms. The van der Waals surface area contributed by atoms with Gasteiger partial charge in [0.1, 0.15) is 4.90 Å². The van der Waals surface area contributed by atoms with Crippen LogP contribution in [0.2, 0.25) is 0 Å². The van der Waals surface area contributed by atoms with Crippen LogP contribution in [0.5, 0.6) is 0 Å². The van der Waals surface area contributed by atoms with Crippen molar-refractivity contribution in [3.63, 3.8) is 0 Å². The highest BCUT2D eigenvalue weighted by atomic mass is 79.9. The van der Waals surface area contributed by atoms with Gasteiger partial charge in [-0.15, -0.1) is 12.3 Å². The molecular weight excluding hydrogens is 316 g/mol. The summed E-state index contributed by atoms with van der Waals surface area (Å²) in [6.07, 6.45) is 6.17. The monoisotopic (exact) mass is 330 g/mol. The Morgan fingerprint density at radius 2 is 2.22 bits per heavy atom. The summed E-state index contributed by atoms with van der Waals surface area (Å²) in [7, 11) is -3.63. The van der Waals surface area contributed by atoms with Crippen LogP contribution in [0.1, 0.15) is 19.8 Å². The summed E-state index contributed by atoms with van der Waals surface area (Å²) in [6, 6.07) is 4.37. The Labute approximate surface area is 116 Å². The topological polar surface area (TPSA) is 72.2 Å². The molecule has 0 aliphatic carbocycles. The van der Waals surface area contributed by atoms with Crippen LogP contribution in [0.4, 0.5) is 5.69 Å². The van der Waals surface area contributed by atoms with Gasteiger partial charge in [-0.25, -0.2) is 13.1 Å². The van der Waals surface area contributed by atoms with E-state index in [0.29, 0.717) is 12.8 Å². The molecule has 0 saturated carbocycles. The van der Waals surface area contributed by atoms with E-state index in [-0.39, 0.29) is 16.6 Å². The van der Waals surface area contributed by atoms with Gasteiger partial charge in [-0.3, -0.25) is 0 Å². The Hall–Kier alpha value is -1.03. The van der Waals surface area contributed by atoms with Crippen molar-refractivity contribution in [3.8, 4) is 12.3 Å². The van der Waals surface area contributed by atoms with Crippen molar-refractivity contribution >= 4 is 31.6 Å². The normalized spacial score (nSPS) is 12.9. The molecule has 1 atom stereocenters. The Morgan fingerprint density at radius 3 is 2.72 bits per heavy atom. The molecule has 0 aromatic heterocycles. The maximum atomic E-state index is 12.1. The summed E-state index contributed by atoms with van der Waals surface area (Å²) in [6.45, 7) is 1.87. The van der Waals surface area contributed by atoms with Crippen molar-refractivity contribution in [2.45, 2.75) is 30.7 Å². The van der Waals surface area contributed by atoms with Gasteiger partial charge in [-0.05, 0) is 24.6 Å². The second kappa shape index (κ2) is 6.23. The lowest BCUT2D eigenvalue weighted by molar-refractivity contribution is 0.544. The smallest absolute Gasteiger partial charge is 0.242 e. The van der Waals surface area contributed by atoms with Gasteiger partial charge in [-0.1, -0.05) is 22.9 Å². The molecule has 1 aromatic rings. The maximum absolute atomic E-state index is 12.1. The number of nitrogens with two attached hydrogens (primary N) is 1. The molecule has 0 bridgehead atoms. The molecule has 0 aliphatic rings. The lowest BCUT2D eigenvalue weighted by Gasteiger charge is -2.15. The molecule has 0 aliphatic heterocycles. The van der Waals surface area contributed by atoms with Crippen molar-refractivity contribution < 1.29 is 8.42 Å². The number of halogens is 1. The summed E-state index contributed by atoms with van der Waals surface area (Å²) in [5.41, 5.74) is 5.91. The number of rotatable bonds is 5. The van der Waals surface area contributed by atoms with E-state index in [0.717, 1.165) is 4.47 Å². The van der Waals surface area contributed by atoms with Crippen molar-refractivity contribution in [3.05, 3.63) is 22.7 Å². The van der Waals surface area contributed by atoms with Crippen molar-refractivity contribution in [1.82, 2.24) is 4.72 Å². The van der Waals surface area contributed by atoms with E-state index in [1.54, 1.807) is 12.1 Å². The minimum absolute atomic E-state index is 0.0705.